The van der Waals surface area contributed by atoms with E-state index in [4.69, 9.17) is 0 Å². The van der Waals surface area contributed by atoms with Gasteiger partial charge in [0.2, 0.25) is 0 Å². The van der Waals surface area contributed by atoms with E-state index >= 15 is 0 Å². The van der Waals surface area contributed by atoms with Crippen LogP contribution < -0.4 is 0 Å². The first-order chi connectivity index (χ1) is 8.48. The summed E-state index contributed by atoms with van der Waals surface area (Å²) in [5.74, 6) is -0.664. The van der Waals surface area contributed by atoms with E-state index in [9.17, 15) is 9.90 Å². The van der Waals surface area contributed by atoms with Gasteiger partial charge in [-0.15, -0.1) is 0 Å². The Hall–Kier alpha value is -1.31. The highest BCUT2D eigenvalue weighted by atomic mass is 16.4. The molecule has 1 unspecified atom stereocenters. The summed E-state index contributed by atoms with van der Waals surface area (Å²) in [5, 5.41) is 9.38. The molecule has 1 aromatic carbocycles. The van der Waals surface area contributed by atoms with Crippen molar-refractivity contribution in [2.45, 2.75) is 52.9 Å². The molecule has 0 bridgehead atoms. The number of hydrogen-bond donors (Lipinski definition) is 1. The van der Waals surface area contributed by atoms with Gasteiger partial charge < -0.3 is 5.11 Å². The van der Waals surface area contributed by atoms with Gasteiger partial charge in [0.25, 0.3) is 0 Å². The lowest BCUT2D eigenvalue weighted by Crippen LogP contribution is -2.28. The highest BCUT2D eigenvalue weighted by molar-refractivity contribution is 5.74. The van der Waals surface area contributed by atoms with Crippen LogP contribution in [0.3, 0.4) is 0 Å². The first kappa shape index (κ1) is 14.7. The number of aryl methyl sites for hydroxylation is 2. The van der Waals surface area contributed by atoms with Crippen molar-refractivity contribution in [1.82, 2.24) is 0 Å². The average molecular weight is 248 g/mol. The van der Waals surface area contributed by atoms with Crippen molar-refractivity contribution in [3.63, 3.8) is 0 Å². The smallest absolute Gasteiger partial charge is 0.309 e. The Morgan fingerprint density at radius 2 is 1.83 bits per heavy atom. The summed E-state index contributed by atoms with van der Waals surface area (Å²) in [6, 6.07) is 8.35. The van der Waals surface area contributed by atoms with E-state index in [1.54, 1.807) is 0 Å². The number of rotatable bonds is 7. The second-order valence-electron chi connectivity index (χ2n) is 5.45. The minimum absolute atomic E-state index is 0.582. The molecule has 0 radical (unpaired) electrons. The number of carboxylic acid groups (broad SMARTS) is 1. The highest BCUT2D eigenvalue weighted by Crippen LogP contribution is 2.30. The summed E-state index contributed by atoms with van der Waals surface area (Å²) in [7, 11) is 0. The van der Waals surface area contributed by atoms with Gasteiger partial charge in [-0.25, -0.2) is 0 Å². The molecular formula is C16H24O2. The molecule has 0 aliphatic heterocycles. The maximum Gasteiger partial charge on any atom is 0.309 e. The molecular weight excluding hydrogens is 224 g/mol. The molecule has 0 saturated heterocycles. The Balaban J connectivity index is 2.62. The summed E-state index contributed by atoms with van der Waals surface area (Å²) < 4.78 is 0. The van der Waals surface area contributed by atoms with E-state index in [0.717, 1.165) is 25.7 Å². The van der Waals surface area contributed by atoms with Crippen LogP contribution in [-0.4, -0.2) is 11.1 Å². The lowest BCUT2D eigenvalue weighted by atomic mass is 9.80. The number of carboxylic acids is 1. The predicted molar refractivity (Wildman–Crippen MR) is 74.8 cm³/mol. The maximum atomic E-state index is 11.4. The second-order valence-corrected chi connectivity index (χ2v) is 5.45. The van der Waals surface area contributed by atoms with E-state index in [0.29, 0.717) is 6.42 Å². The van der Waals surface area contributed by atoms with Gasteiger partial charge in [-0.3, -0.25) is 4.79 Å². The van der Waals surface area contributed by atoms with Gasteiger partial charge in [-0.2, -0.15) is 0 Å². The van der Waals surface area contributed by atoms with Crippen molar-refractivity contribution in [2.75, 3.05) is 0 Å². The molecule has 0 aliphatic carbocycles. The molecule has 0 heterocycles. The predicted octanol–water partition coefficient (Wildman–Crippen LogP) is 4.21. The number of hydrogen-bond acceptors (Lipinski definition) is 1. The third kappa shape index (κ3) is 4.17. The summed E-state index contributed by atoms with van der Waals surface area (Å²) in [6.45, 7) is 6.04. The van der Waals surface area contributed by atoms with Gasteiger partial charge in [0, 0.05) is 0 Å². The van der Waals surface area contributed by atoms with Crippen molar-refractivity contribution in [1.29, 1.82) is 0 Å². The molecule has 0 aromatic heterocycles. The Morgan fingerprint density at radius 1 is 1.22 bits per heavy atom. The van der Waals surface area contributed by atoms with E-state index in [2.05, 4.69) is 38.1 Å². The molecule has 18 heavy (non-hydrogen) atoms. The van der Waals surface area contributed by atoms with Crippen LogP contribution in [0.5, 0.6) is 0 Å². The molecule has 0 spiro atoms. The van der Waals surface area contributed by atoms with Crippen molar-refractivity contribution in [3.05, 3.63) is 35.4 Å². The number of unbranched alkanes of at least 4 members (excludes halogenated alkanes) is 1. The Labute approximate surface area is 110 Å². The maximum absolute atomic E-state index is 11.4. The molecule has 100 valence electrons. The molecule has 1 rings (SSSR count). The third-order valence-corrected chi connectivity index (χ3v) is 3.68. The van der Waals surface area contributed by atoms with Gasteiger partial charge >= 0.3 is 5.97 Å². The van der Waals surface area contributed by atoms with Crippen LogP contribution in [0.4, 0.5) is 0 Å². The normalized spacial score (nSPS) is 14.2. The Kier molecular flexibility index (Phi) is 5.39. The van der Waals surface area contributed by atoms with Crippen LogP contribution in [0, 0.1) is 12.3 Å². The molecule has 1 atom stereocenters. The first-order valence-electron chi connectivity index (χ1n) is 6.77. The lowest BCUT2D eigenvalue weighted by Gasteiger charge is -2.24. The molecule has 1 N–H and O–H groups in total. The molecule has 0 amide bonds. The summed E-state index contributed by atoms with van der Waals surface area (Å²) >= 11 is 0. The third-order valence-electron chi connectivity index (χ3n) is 3.68. The number of carbonyl (C=O) groups is 1. The monoisotopic (exact) mass is 248 g/mol. The minimum Gasteiger partial charge on any atom is -0.481 e. The zero-order chi connectivity index (χ0) is 13.6. The van der Waals surface area contributed by atoms with Crippen molar-refractivity contribution >= 4 is 5.97 Å². The van der Waals surface area contributed by atoms with Gasteiger partial charge in [-0.1, -0.05) is 49.6 Å². The zero-order valence-corrected chi connectivity index (χ0v) is 11.7. The van der Waals surface area contributed by atoms with E-state index in [1.165, 1.54) is 11.1 Å². The SMILES string of the molecule is CCCCC(C)(CCc1ccc(C)cc1)C(=O)O. The first-order valence-corrected chi connectivity index (χ1v) is 6.77. The van der Waals surface area contributed by atoms with Gasteiger partial charge in [0.15, 0.2) is 0 Å². The largest absolute Gasteiger partial charge is 0.481 e. The summed E-state index contributed by atoms with van der Waals surface area (Å²) in [4.78, 5) is 11.4. The quantitative estimate of drug-likeness (QED) is 0.785. The molecule has 2 nitrogen and oxygen atoms in total. The van der Waals surface area contributed by atoms with Crippen LogP contribution in [0.15, 0.2) is 24.3 Å². The fourth-order valence-electron chi connectivity index (χ4n) is 2.08. The average Bonchev–Trinajstić information content (AvgIpc) is 2.35. The summed E-state index contributed by atoms with van der Waals surface area (Å²) in [5.41, 5.74) is 1.89. The van der Waals surface area contributed by atoms with Crippen molar-refractivity contribution in [2.24, 2.45) is 5.41 Å². The molecule has 1 aromatic rings. The van der Waals surface area contributed by atoms with Gasteiger partial charge in [0.1, 0.15) is 0 Å². The van der Waals surface area contributed by atoms with Crippen molar-refractivity contribution < 1.29 is 9.90 Å². The van der Waals surface area contributed by atoms with E-state index < -0.39 is 11.4 Å². The molecule has 0 saturated carbocycles. The van der Waals surface area contributed by atoms with Crippen LogP contribution in [-0.2, 0) is 11.2 Å². The Morgan fingerprint density at radius 3 is 2.33 bits per heavy atom. The van der Waals surface area contributed by atoms with Gasteiger partial charge in [0.05, 0.1) is 5.41 Å². The van der Waals surface area contributed by atoms with E-state index in [-0.39, 0.29) is 0 Å². The summed E-state index contributed by atoms with van der Waals surface area (Å²) in [6.07, 6.45) is 4.35. The Bertz CT molecular complexity index is 381. The highest BCUT2D eigenvalue weighted by Gasteiger charge is 2.31. The second kappa shape index (κ2) is 6.58. The fourth-order valence-corrected chi connectivity index (χ4v) is 2.08. The van der Waals surface area contributed by atoms with Crippen LogP contribution in [0.2, 0.25) is 0 Å². The molecule has 0 fully saturated rings. The molecule has 0 aliphatic rings. The standard InChI is InChI=1S/C16H24O2/c1-4-5-11-16(3,15(17)18)12-10-14-8-6-13(2)7-9-14/h6-9H,4-5,10-12H2,1-3H3,(H,17,18). The fraction of sp³-hybridized carbons (Fsp3) is 0.562. The van der Waals surface area contributed by atoms with Crippen LogP contribution in [0.25, 0.3) is 0 Å². The van der Waals surface area contributed by atoms with Crippen LogP contribution >= 0.6 is 0 Å². The zero-order valence-electron chi connectivity index (χ0n) is 11.7. The van der Waals surface area contributed by atoms with Crippen LogP contribution in [0.1, 0.15) is 50.7 Å². The van der Waals surface area contributed by atoms with E-state index in [1.807, 2.05) is 6.92 Å². The van der Waals surface area contributed by atoms with Gasteiger partial charge in [-0.05, 0) is 38.7 Å². The number of benzene rings is 1. The lowest BCUT2D eigenvalue weighted by molar-refractivity contribution is -0.148. The number of aliphatic carboxylic acids is 1. The van der Waals surface area contributed by atoms with Crippen molar-refractivity contribution in [3.8, 4) is 0 Å². The topological polar surface area (TPSA) is 37.3 Å². The molecule has 2 heteroatoms. The minimum atomic E-state index is -0.664.